The zero-order valence-corrected chi connectivity index (χ0v) is 11.1. The first-order chi connectivity index (χ1) is 7.99. The number of aliphatic hydroxyl groups excluding tert-OH is 1. The van der Waals surface area contributed by atoms with Gasteiger partial charge in [-0.15, -0.1) is 0 Å². The van der Waals surface area contributed by atoms with Gasteiger partial charge in [-0.25, -0.2) is 4.79 Å². The molecule has 0 radical (unpaired) electrons. The molecule has 0 amide bonds. The molecular formula is C14H24O3. The predicted molar refractivity (Wildman–Crippen MR) is 69.9 cm³/mol. The molecule has 0 saturated carbocycles. The maximum absolute atomic E-state index is 11.1. The fourth-order valence-corrected chi connectivity index (χ4v) is 1.64. The maximum atomic E-state index is 11.1. The van der Waals surface area contributed by atoms with Gasteiger partial charge < -0.3 is 10.2 Å². The summed E-state index contributed by atoms with van der Waals surface area (Å²) in [5.74, 6) is -0.822. The standard InChI is InChI=1S/C14H24O3/c1-11(2)7-6-8-12(3)13(14(16)17)9-4-5-10-15/h7,15H,4-6,8-10H2,1-3H3,(H,16,17)/b13-12+. The summed E-state index contributed by atoms with van der Waals surface area (Å²) in [6.07, 6.45) is 5.76. The highest BCUT2D eigenvalue weighted by atomic mass is 16.4. The second-order valence-corrected chi connectivity index (χ2v) is 4.56. The van der Waals surface area contributed by atoms with Crippen molar-refractivity contribution in [3.63, 3.8) is 0 Å². The molecule has 3 nitrogen and oxygen atoms in total. The van der Waals surface area contributed by atoms with Crippen molar-refractivity contribution < 1.29 is 15.0 Å². The van der Waals surface area contributed by atoms with Crippen molar-refractivity contribution >= 4 is 5.97 Å². The number of allylic oxidation sites excluding steroid dienone is 3. The number of unbranched alkanes of at least 4 members (excludes halogenated alkanes) is 1. The zero-order valence-electron chi connectivity index (χ0n) is 11.1. The summed E-state index contributed by atoms with van der Waals surface area (Å²) in [4.78, 5) is 11.1. The first kappa shape index (κ1) is 15.9. The molecule has 0 aliphatic carbocycles. The summed E-state index contributed by atoms with van der Waals surface area (Å²) in [7, 11) is 0. The van der Waals surface area contributed by atoms with Crippen LogP contribution in [0.2, 0.25) is 0 Å². The Balaban J connectivity index is 4.41. The van der Waals surface area contributed by atoms with Crippen LogP contribution in [0.5, 0.6) is 0 Å². The van der Waals surface area contributed by atoms with Crippen LogP contribution in [0, 0.1) is 0 Å². The smallest absolute Gasteiger partial charge is 0.331 e. The number of hydrogen-bond donors (Lipinski definition) is 2. The van der Waals surface area contributed by atoms with Gasteiger partial charge in [0.1, 0.15) is 0 Å². The summed E-state index contributed by atoms with van der Waals surface area (Å²) in [6, 6.07) is 0. The number of carbonyl (C=O) groups is 1. The lowest BCUT2D eigenvalue weighted by molar-refractivity contribution is -0.132. The van der Waals surface area contributed by atoms with Gasteiger partial charge >= 0.3 is 5.97 Å². The van der Waals surface area contributed by atoms with E-state index in [-0.39, 0.29) is 6.61 Å². The molecule has 2 N–H and O–H groups in total. The van der Waals surface area contributed by atoms with Gasteiger partial charge in [-0.05, 0) is 52.9 Å². The fourth-order valence-electron chi connectivity index (χ4n) is 1.64. The van der Waals surface area contributed by atoms with Crippen molar-refractivity contribution in [1.82, 2.24) is 0 Å². The molecule has 0 bridgehead atoms. The molecule has 0 atom stereocenters. The van der Waals surface area contributed by atoms with E-state index < -0.39 is 5.97 Å². The van der Waals surface area contributed by atoms with Crippen molar-refractivity contribution in [2.45, 2.75) is 52.9 Å². The number of aliphatic hydroxyl groups is 1. The summed E-state index contributed by atoms with van der Waals surface area (Å²) in [6.45, 7) is 6.10. The van der Waals surface area contributed by atoms with Gasteiger partial charge in [0.25, 0.3) is 0 Å². The van der Waals surface area contributed by atoms with Gasteiger partial charge in [-0.1, -0.05) is 17.2 Å². The van der Waals surface area contributed by atoms with Crippen LogP contribution in [-0.4, -0.2) is 22.8 Å². The molecule has 98 valence electrons. The second-order valence-electron chi connectivity index (χ2n) is 4.56. The number of aliphatic carboxylic acids is 1. The molecular weight excluding hydrogens is 216 g/mol. The molecule has 0 unspecified atom stereocenters. The second kappa shape index (κ2) is 8.99. The Morgan fingerprint density at radius 1 is 1.12 bits per heavy atom. The van der Waals surface area contributed by atoms with E-state index >= 15 is 0 Å². The highest BCUT2D eigenvalue weighted by Crippen LogP contribution is 2.17. The minimum absolute atomic E-state index is 0.129. The molecule has 0 aliphatic heterocycles. The molecule has 0 spiro atoms. The van der Waals surface area contributed by atoms with Crippen LogP contribution in [0.1, 0.15) is 52.9 Å². The van der Waals surface area contributed by atoms with Crippen LogP contribution in [0.4, 0.5) is 0 Å². The van der Waals surface area contributed by atoms with E-state index in [2.05, 4.69) is 6.08 Å². The predicted octanol–water partition coefficient (Wildman–Crippen LogP) is 3.30. The van der Waals surface area contributed by atoms with Crippen LogP contribution in [0.25, 0.3) is 0 Å². The van der Waals surface area contributed by atoms with E-state index in [4.69, 9.17) is 10.2 Å². The van der Waals surface area contributed by atoms with Crippen molar-refractivity contribution in [3.05, 3.63) is 22.8 Å². The van der Waals surface area contributed by atoms with Gasteiger partial charge in [0.15, 0.2) is 0 Å². The minimum Gasteiger partial charge on any atom is -0.478 e. The topological polar surface area (TPSA) is 57.5 Å². The molecule has 0 aromatic heterocycles. The number of carboxylic acids is 1. The Bertz CT molecular complexity index is 297. The van der Waals surface area contributed by atoms with Crippen molar-refractivity contribution in [2.75, 3.05) is 6.61 Å². The summed E-state index contributed by atoms with van der Waals surface area (Å²) < 4.78 is 0. The SMILES string of the molecule is CC(C)=CCC/C(C)=C(\CCCCO)C(=O)O. The summed E-state index contributed by atoms with van der Waals surface area (Å²) in [5, 5.41) is 17.8. The normalized spacial score (nSPS) is 12.0. The number of hydrogen-bond acceptors (Lipinski definition) is 2. The monoisotopic (exact) mass is 240 g/mol. The molecule has 0 aromatic carbocycles. The third-order valence-electron chi connectivity index (χ3n) is 2.68. The van der Waals surface area contributed by atoms with Gasteiger partial charge in [0.05, 0.1) is 0 Å². The lowest BCUT2D eigenvalue weighted by atomic mass is 9.99. The van der Waals surface area contributed by atoms with Gasteiger partial charge in [0.2, 0.25) is 0 Å². The lowest BCUT2D eigenvalue weighted by Gasteiger charge is -2.07. The molecule has 0 aromatic rings. The maximum Gasteiger partial charge on any atom is 0.331 e. The van der Waals surface area contributed by atoms with Crippen LogP contribution < -0.4 is 0 Å². The van der Waals surface area contributed by atoms with Gasteiger partial charge in [-0.3, -0.25) is 0 Å². The van der Waals surface area contributed by atoms with E-state index in [1.165, 1.54) is 5.57 Å². The van der Waals surface area contributed by atoms with Crippen LogP contribution in [-0.2, 0) is 4.79 Å². The molecule has 0 saturated heterocycles. The Morgan fingerprint density at radius 3 is 2.24 bits per heavy atom. The molecule has 0 rings (SSSR count). The van der Waals surface area contributed by atoms with Gasteiger partial charge in [0, 0.05) is 12.2 Å². The minimum atomic E-state index is -0.822. The highest BCUT2D eigenvalue weighted by Gasteiger charge is 2.10. The van der Waals surface area contributed by atoms with Crippen molar-refractivity contribution in [2.24, 2.45) is 0 Å². The Labute approximate surface area is 104 Å². The fraction of sp³-hybridized carbons (Fsp3) is 0.643. The molecule has 0 fully saturated rings. The lowest BCUT2D eigenvalue weighted by Crippen LogP contribution is -2.04. The van der Waals surface area contributed by atoms with Crippen molar-refractivity contribution in [1.29, 1.82) is 0 Å². The summed E-state index contributed by atoms with van der Waals surface area (Å²) in [5.41, 5.74) is 2.73. The van der Waals surface area contributed by atoms with Crippen LogP contribution in [0.3, 0.4) is 0 Å². The molecule has 0 heterocycles. The Kier molecular flexibility index (Phi) is 8.42. The van der Waals surface area contributed by atoms with E-state index in [0.29, 0.717) is 18.4 Å². The quantitative estimate of drug-likeness (QED) is 0.389. The summed E-state index contributed by atoms with van der Waals surface area (Å²) >= 11 is 0. The number of carboxylic acid groups (broad SMARTS) is 1. The zero-order chi connectivity index (χ0) is 13.3. The first-order valence-corrected chi connectivity index (χ1v) is 6.15. The van der Waals surface area contributed by atoms with Gasteiger partial charge in [-0.2, -0.15) is 0 Å². The average Bonchev–Trinajstić information content (AvgIpc) is 2.23. The molecule has 17 heavy (non-hydrogen) atoms. The first-order valence-electron chi connectivity index (χ1n) is 6.15. The van der Waals surface area contributed by atoms with Crippen LogP contribution in [0.15, 0.2) is 22.8 Å². The van der Waals surface area contributed by atoms with E-state index in [0.717, 1.165) is 24.8 Å². The third kappa shape index (κ3) is 7.75. The Morgan fingerprint density at radius 2 is 1.76 bits per heavy atom. The number of rotatable bonds is 8. The van der Waals surface area contributed by atoms with E-state index in [9.17, 15) is 4.79 Å². The largest absolute Gasteiger partial charge is 0.478 e. The van der Waals surface area contributed by atoms with E-state index in [1.807, 2.05) is 20.8 Å². The van der Waals surface area contributed by atoms with E-state index in [1.54, 1.807) is 0 Å². The molecule has 0 aliphatic rings. The third-order valence-corrected chi connectivity index (χ3v) is 2.68. The molecule has 3 heteroatoms. The highest BCUT2D eigenvalue weighted by molar-refractivity contribution is 5.87. The van der Waals surface area contributed by atoms with Crippen LogP contribution >= 0.6 is 0 Å². The Hall–Kier alpha value is -1.09. The van der Waals surface area contributed by atoms with Crippen molar-refractivity contribution in [3.8, 4) is 0 Å². The average molecular weight is 240 g/mol.